The number of benzene rings is 11. The first-order valence-electron chi connectivity index (χ1n) is 22.7. The van der Waals surface area contributed by atoms with Crippen LogP contribution >= 0.6 is 0 Å². The van der Waals surface area contributed by atoms with Gasteiger partial charge in [-0.3, -0.25) is 0 Å². The van der Waals surface area contributed by atoms with Crippen LogP contribution in [0.5, 0.6) is 0 Å². The molecule has 0 aliphatic heterocycles. The first-order valence-corrected chi connectivity index (χ1v) is 22.7. The van der Waals surface area contributed by atoms with Crippen molar-refractivity contribution in [2.75, 3.05) is 0 Å². The van der Waals surface area contributed by atoms with E-state index >= 15 is 0 Å². The Labute approximate surface area is 383 Å². The maximum absolute atomic E-state index is 2.43. The van der Waals surface area contributed by atoms with Crippen LogP contribution in [-0.2, 0) is 0 Å². The number of fused-ring (bicyclic) bond motifs is 7. The molecule has 0 saturated heterocycles. The normalized spacial score (nSPS) is 11.6. The van der Waals surface area contributed by atoms with E-state index in [0.29, 0.717) is 0 Å². The van der Waals surface area contributed by atoms with Gasteiger partial charge in [0.1, 0.15) is 0 Å². The quantitative estimate of drug-likeness (QED) is 0.151. The molecule has 0 aliphatic carbocycles. The average Bonchev–Trinajstić information content (AvgIpc) is 3.91. The lowest BCUT2D eigenvalue weighted by Gasteiger charge is -2.12. The van der Waals surface area contributed by atoms with Crippen LogP contribution in [0, 0.1) is 0 Å². The summed E-state index contributed by atoms with van der Waals surface area (Å²) in [7, 11) is 0. The Morgan fingerprint density at radius 2 is 0.545 bits per heavy atom. The summed E-state index contributed by atoms with van der Waals surface area (Å²) in [5.74, 6) is 0. The predicted octanol–water partition coefficient (Wildman–Crippen LogP) is 17.4. The lowest BCUT2D eigenvalue weighted by atomic mass is 9.93. The maximum atomic E-state index is 2.43. The molecule has 308 valence electrons. The Morgan fingerprint density at radius 3 is 1.05 bits per heavy atom. The van der Waals surface area contributed by atoms with Crippen molar-refractivity contribution in [3.63, 3.8) is 0 Å². The van der Waals surface area contributed by atoms with Gasteiger partial charge in [-0.05, 0) is 140 Å². The highest BCUT2D eigenvalue weighted by atomic mass is 15.0. The molecule has 0 fully saturated rings. The molecule has 0 radical (unpaired) electrons. The zero-order valence-corrected chi connectivity index (χ0v) is 36.1. The van der Waals surface area contributed by atoms with Gasteiger partial charge in [0.15, 0.2) is 0 Å². The summed E-state index contributed by atoms with van der Waals surface area (Å²) in [5, 5.41) is 7.51. The number of nitrogens with zero attached hydrogens (tertiary/aromatic N) is 2. The Bertz CT molecular complexity index is 3990. The summed E-state index contributed by atoms with van der Waals surface area (Å²) in [6, 6.07) is 93.2. The van der Waals surface area contributed by atoms with E-state index in [1.54, 1.807) is 0 Å². The highest BCUT2D eigenvalue weighted by Gasteiger charge is 2.17. The van der Waals surface area contributed by atoms with Gasteiger partial charge < -0.3 is 9.13 Å². The van der Waals surface area contributed by atoms with Gasteiger partial charge in [-0.25, -0.2) is 0 Å². The summed E-state index contributed by atoms with van der Waals surface area (Å²) in [6.45, 7) is 0. The maximum Gasteiger partial charge on any atom is 0.0541 e. The van der Waals surface area contributed by atoms with Gasteiger partial charge >= 0.3 is 0 Å². The van der Waals surface area contributed by atoms with Crippen LogP contribution in [0.2, 0.25) is 0 Å². The topological polar surface area (TPSA) is 9.86 Å². The minimum atomic E-state index is 1.17. The minimum absolute atomic E-state index is 1.17. The predicted molar refractivity (Wildman–Crippen MR) is 280 cm³/mol. The molecule has 2 nitrogen and oxygen atoms in total. The van der Waals surface area contributed by atoms with Crippen molar-refractivity contribution in [3.8, 4) is 67.0 Å². The lowest BCUT2D eigenvalue weighted by Crippen LogP contribution is -1.95. The largest absolute Gasteiger partial charge is 0.309 e. The Hall–Kier alpha value is -8.72. The summed E-state index contributed by atoms with van der Waals surface area (Å²) in [6.07, 6.45) is 0. The van der Waals surface area contributed by atoms with Gasteiger partial charge in [-0.2, -0.15) is 0 Å². The minimum Gasteiger partial charge on any atom is -0.309 e. The second-order valence-corrected chi connectivity index (χ2v) is 17.3. The van der Waals surface area contributed by atoms with Gasteiger partial charge in [0.05, 0.1) is 27.8 Å². The van der Waals surface area contributed by atoms with Crippen molar-refractivity contribution in [3.05, 3.63) is 255 Å². The van der Waals surface area contributed by atoms with E-state index in [1.807, 2.05) is 0 Å². The zero-order chi connectivity index (χ0) is 43.6. The van der Waals surface area contributed by atoms with Gasteiger partial charge in [-0.1, -0.05) is 176 Å². The number of hydrogen-bond donors (Lipinski definition) is 0. The van der Waals surface area contributed by atoms with Crippen LogP contribution in [0.3, 0.4) is 0 Å². The Kier molecular flexibility index (Phi) is 8.89. The average molecular weight is 839 g/mol. The third-order valence-corrected chi connectivity index (χ3v) is 13.5. The molecule has 0 saturated carbocycles. The molecule has 0 amide bonds. The van der Waals surface area contributed by atoms with E-state index in [2.05, 4.69) is 264 Å². The van der Waals surface area contributed by atoms with Gasteiger partial charge in [0, 0.05) is 32.6 Å². The summed E-state index contributed by atoms with van der Waals surface area (Å²) < 4.78 is 4.80. The number of aromatic nitrogens is 2. The molecule has 0 N–H and O–H groups in total. The fraction of sp³-hybridized carbons (Fsp3) is 0. The van der Waals surface area contributed by atoms with Crippen molar-refractivity contribution < 1.29 is 0 Å². The van der Waals surface area contributed by atoms with Crippen molar-refractivity contribution in [2.45, 2.75) is 0 Å². The molecule has 2 heterocycles. The summed E-state index contributed by atoms with van der Waals surface area (Å²) >= 11 is 0. The molecule has 0 spiro atoms. The van der Waals surface area contributed by atoms with Crippen LogP contribution in [0.15, 0.2) is 255 Å². The molecule has 0 unspecified atom stereocenters. The van der Waals surface area contributed by atoms with Crippen LogP contribution < -0.4 is 0 Å². The molecule has 13 rings (SSSR count). The molecule has 2 heteroatoms. The smallest absolute Gasteiger partial charge is 0.0541 e. The fourth-order valence-corrected chi connectivity index (χ4v) is 10.3. The van der Waals surface area contributed by atoms with Crippen molar-refractivity contribution in [1.82, 2.24) is 9.13 Å². The third-order valence-electron chi connectivity index (χ3n) is 13.5. The molecule has 11 aromatic carbocycles. The fourth-order valence-electron chi connectivity index (χ4n) is 10.3. The molecule has 0 bridgehead atoms. The Morgan fingerprint density at radius 1 is 0.197 bits per heavy atom. The van der Waals surface area contributed by atoms with Crippen molar-refractivity contribution in [1.29, 1.82) is 0 Å². The van der Waals surface area contributed by atoms with Crippen LogP contribution in [0.25, 0.3) is 121 Å². The number of hydrogen-bond acceptors (Lipinski definition) is 0. The van der Waals surface area contributed by atoms with E-state index in [1.165, 1.54) is 121 Å². The highest BCUT2D eigenvalue weighted by Crippen LogP contribution is 2.39. The molecule has 2 aromatic heterocycles. The number of para-hydroxylation sites is 3. The SMILES string of the molecule is c1ccc(-n2c3ccccc3c3cc(-c4cccc(-c5cccc(-c6cccc(-c7cccc(-c8ccc9c(c8)c8ccccc8n9-c8cccc9ccccc89)c7)c6)c5)c4)ccc32)cc1. The second kappa shape index (κ2) is 15.5. The molecule has 0 aliphatic rings. The monoisotopic (exact) mass is 838 g/mol. The van der Waals surface area contributed by atoms with Crippen LogP contribution in [0.1, 0.15) is 0 Å². The van der Waals surface area contributed by atoms with Crippen LogP contribution in [-0.4, -0.2) is 9.13 Å². The van der Waals surface area contributed by atoms with Gasteiger partial charge in [0.25, 0.3) is 0 Å². The number of rotatable bonds is 7. The van der Waals surface area contributed by atoms with Gasteiger partial charge in [0.2, 0.25) is 0 Å². The first kappa shape index (κ1) is 37.8. The van der Waals surface area contributed by atoms with E-state index < -0.39 is 0 Å². The lowest BCUT2D eigenvalue weighted by molar-refractivity contribution is 1.18. The first-order chi connectivity index (χ1) is 32.7. The summed E-state index contributed by atoms with van der Waals surface area (Å²) in [4.78, 5) is 0. The van der Waals surface area contributed by atoms with Crippen molar-refractivity contribution in [2.24, 2.45) is 0 Å². The van der Waals surface area contributed by atoms with E-state index in [-0.39, 0.29) is 0 Å². The molecule has 0 atom stereocenters. The van der Waals surface area contributed by atoms with E-state index in [0.717, 1.165) is 0 Å². The summed E-state index contributed by atoms with van der Waals surface area (Å²) in [5.41, 5.74) is 19.2. The second-order valence-electron chi connectivity index (χ2n) is 17.3. The van der Waals surface area contributed by atoms with E-state index in [4.69, 9.17) is 0 Å². The van der Waals surface area contributed by atoms with E-state index in [9.17, 15) is 0 Å². The van der Waals surface area contributed by atoms with Gasteiger partial charge in [-0.15, -0.1) is 0 Å². The highest BCUT2D eigenvalue weighted by molar-refractivity contribution is 6.12. The van der Waals surface area contributed by atoms with Crippen LogP contribution in [0.4, 0.5) is 0 Å². The molecule has 66 heavy (non-hydrogen) atoms. The molecule has 13 aromatic rings. The van der Waals surface area contributed by atoms with Crippen molar-refractivity contribution >= 4 is 54.4 Å². The zero-order valence-electron chi connectivity index (χ0n) is 36.1. The molecular formula is C64H42N2. The Balaban J connectivity index is 0.821. The standard InChI is InChI=1S/C64H42N2/c1-2-25-54(26-3-1)65-61-30-8-6-28-56(61)58-41-52(33-35-63(58)65)50-23-12-21-48(39-50)46-19-10-17-44(37-46)45-18-11-20-47(38-45)49-22-13-24-51(40-49)53-34-36-64-59(42-53)57-29-7-9-31-62(57)66(64)60-32-14-16-43-15-4-5-27-55(43)60/h1-42H. The third kappa shape index (κ3) is 6.34. The molecular weight excluding hydrogens is 797 g/mol.